The molecule has 0 bridgehead atoms. The van der Waals surface area contributed by atoms with E-state index >= 15 is 0 Å². The van der Waals surface area contributed by atoms with Crippen LogP contribution in [0.3, 0.4) is 0 Å². The second-order valence-corrected chi connectivity index (χ2v) is 6.03. The Labute approximate surface area is 114 Å². The molecule has 0 spiro atoms. The van der Waals surface area contributed by atoms with Crippen molar-refractivity contribution in [3.05, 3.63) is 11.8 Å². The predicted octanol–water partition coefficient (Wildman–Crippen LogP) is 0.749. The third-order valence-corrected chi connectivity index (χ3v) is 4.20. The van der Waals surface area contributed by atoms with Crippen LogP contribution >= 0.6 is 11.8 Å². The number of carbonyl (C=O) groups is 2. The first-order valence-electron chi connectivity index (χ1n) is 6.18. The molecule has 19 heavy (non-hydrogen) atoms. The van der Waals surface area contributed by atoms with E-state index in [0.29, 0.717) is 11.0 Å². The zero-order chi connectivity index (χ0) is 13.6. The number of nitrogens with zero attached hydrogens (tertiary/aromatic N) is 3. The topological polar surface area (TPSA) is 89.2 Å². The lowest BCUT2D eigenvalue weighted by molar-refractivity contribution is -0.138. The minimum atomic E-state index is -0.408. The fraction of sp³-hybridized carbons (Fsp3) is 0.500. The van der Waals surface area contributed by atoms with Crippen molar-refractivity contribution in [3.63, 3.8) is 0 Å². The van der Waals surface area contributed by atoms with E-state index < -0.39 is 5.25 Å². The summed E-state index contributed by atoms with van der Waals surface area (Å²) in [6, 6.07) is 1.80. The van der Waals surface area contributed by atoms with E-state index in [0.717, 1.165) is 18.5 Å². The van der Waals surface area contributed by atoms with Crippen LogP contribution < -0.4 is 5.73 Å². The Bertz CT molecular complexity index is 538. The predicted molar refractivity (Wildman–Crippen MR) is 70.3 cm³/mol. The second-order valence-electron chi connectivity index (χ2n) is 4.86. The summed E-state index contributed by atoms with van der Waals surface area (Å²) in [6.45, 7) is 1.82. The van der Waals surface area contributed by atoms with Crippen LogP contribution in [0.2, 0.25) is 0 Å². The van der Waals surface area contributed by atoms with Gasteiger partial charge in [-0.25, -0.2) is 9.97 Å². The van der Waals surface area contributed by atoms with Crippen molar-refractivity contribution in [3.8, 4) is 0 Å². The summed E-state index contributed by atoms with van der Waals surface area (Å²) < 4.78 is 0. The van der Waals surface area contributed by atoms with Gasteiger partial charge in [-0.3, -0.25) is 14.5 Å². The lowest BCUT2D eigenvalue weighted by Gasteiger charge is -2.13. The van der Waals surface area contributed by atoms with Crippen molar-refractivity contribution in [1.29, 1.82) is 0 Å². The van der Waals surface area contributed by atoms with E-state index in [1.54, 1.807) is 6.07 Å². The second kappa shape index (κ2) is 4.48. The first-order chi connectivity index (χ1) is 9.04. The van der Waals surface area contributed by atoms with Gasteiger partial charge in [0.1, 0.15) is 11.1 Å². The Kier molecular flexibility index (Phi) is 2.93. The highest BCUT2D eigenvalue weighted by atomic mass is 32.2. The monoisotopic (exact) mass is 278 g/mol. The zero-order valence-electron chi connectivity index (χ0n) is 10.5. The van der Waals surface area contributed by atoms with Crippen LogP contribution in [0, 0.1) is 6.92 Å². The van der Waals surface area contributed by atoms with Crippen molar-refractivity contribution in [1.82, 2.24) is 14.9 Å². The number of nitrogens with two attached hydrogens (primary N) is 1. The number of imide groups is 1. The molecule has 2 N–H and O–H groups in total. The van der Waals surface area contributed by atoms with Gasteiger partial charge in [-0.05, 0) is 19.8 Å². The maximum atomic E-state index is 12.2. The standard InChI is InChI=1S/C12H14N4O2S/c1-6-4-9(13)15-12(14-6)19-8-5-10(17)16(11(8)18)7-2-3-7/h4,7-8H,2-3,5H2,1H3,(H2,13,14,15). The van der Waals surface area contributed by atoms with Crippen molar-refractivity contribution >= 4 is 29.4 Å². The summed E-state index contributed by atoms with van der Waals surface area (Å²) in [7, 11) is 0. The number of amides is 2. The molecule has 1 aliphatic carbocycles. The van der Waals surface area contributed by atoms with Gasteiger partial charge >= 0.3 is 0 Å². The van der Waals surface area contributed by atoms with Gasteiger partial charge in [-0.15, -0.1) is 0 Å². The van der Waals surface area contributed by atoms with Crippen LogP contribution in [0.25, 0.3) is 0 Å². The third kappa shape index (κ3) is 2.42. The number of hydrogen-bond acceptors (Lipinski definition) is 6. The maximum Gasteiger partial charge on any atom is 0.243 e. The Morgan fingerprint density at radius 2 is 2.11 bits per heavy atom. The minimum absolute atomic E-state index is 0.0781. The molecule has 0 radical (unpaired) electrons. The van der Waals surface area contributed by atoms with Crippen LogP contribution in [0.5, 0.6) is 0 Å². The molecule has 2 amide bonds. The first kappa shape index (κ1) is 12.4. The molecule has 1 aliphatic heterocycles. The van der Waals surface area contributed by atoms with Crippen LogP contribution in [0.4, 0.5) is 5.82 Å². The summed E-state index contributed by atoms with van der Waals surface area (Å²) in [5.41, 5.74) is 6.41. The molecule has 7 heteroatoms. The number of aryl methyl sites for hydroxylation is 1. The van der Waals surface area contributed by atoms with Gasteiger partial charge in [-0.1, -0.05) is 11.8 Å². The van der Waals surface area contributed by atoms with Gasteiger partial charge in [0, 0.05) is 24.2 Å². The molecule has 100 valence electrons. The minimum Gasteiger partial charge on any atom is -0.384 e. The average molecular weight is 278 g/mol. The summed E-state index contributed by atoms with van der Waals surface area (Å²) in [5.74, 6) is 0.192. The first-order valence-corrected chi connectivity index (χ1v) is 7.06. The number of nitrogen functional groups attached to an aromatic ring is 1. The number of likely N-dealkylation sites (tertiary alicyclic amines) is 1. The normalized spacial score (nSPS) is 23.2. The van der Waals surface area contributed by atoms with Crippen LogP contribution in [-0.2, 0) is 9.59 Å². The van der Waals surface area contributed by atoms with E-state index in [2.05, 4.69) is 9.97 Å². The summed E-state index contributed by atoms with van der Waals surface area (Å²) >= 11 is 1.23. The lowest BCUT2D eigenvalue weighted by Crippen LogP contribution is -2.33. The molecule has 2 aliphatic rings. The van der Waals surface area contributed by atoms with E-state index in [1.165, 1.54) is 16.7 Å². The molecule has 1 aromatic heterocycles. The Morgan fingerprint density at radius 1 is 1.37 bits per heavy atom. The van der Waals surface area contributed by atoms with Crippen LogP contribution in [-0.4, -0.2) is 38.0 Å². The smallest absolute Gasteiger partial charge is 0.243 e. The maximum absolute atomic E-state index is 12.2. The summed E-state index contributed by atoms with van der Waals surface area (Å²) in [6.07, 6.45) is 2.10. The summed E-state index contributed by atoms with van der Waals surface area (Å²) in [5, 5.41) is 0.0515. The van der Waals surface area contributed by atoms with E-state index in [4.69, 9.17) is 5.73 Å². The number of hydrogen-bond donors (Lipinski definition) is 1. The van der Waals surface area contributed by atoms with Crippen molar-refractivity contribution in [2.24, 2.45) is 0 Å². The van der Waals surface area contributed by atoms with Gasteiger partial charge in [0.05, 0.1) is 0 Å². The molecule has 1 aromatic rings. The fourth-order valence-corrected chi connectivity index (χ4v) is 3.23. The van der Waals surface area contributed by atoms with Crippen LogP contribution in [0.1, 0.15) is 25.0 Å². The molecule has 2 fully saturated rings. The highest BCUT2D eigenvalue weighted by molar-refractivity contribution is 8.00. The van der Waals surface area contributed by atoms with Gasteiger partial charge in [0.25, 0.3) is 0 Å². The number of carbonyl (C=O) groups excluding carboxylic acids is 2. The molecule has 2 heterocycles. The molecule has 3 rings (SSSR count). The quantitative estimate of drug-likeness (QED) is 0.648. The molecule has 6 nitrogen and oxygen atoms in total. The molecular weight excluding hydrogens is 264 g/mol. The average Bonchev–Trinajstić information content (AvgIpc) is 3.07. The highest BCUT2D eigenvalue weighted by Crippen LogP contribution is 2.36. The molecule has 1 atom stereocenters. The molecule has 1 saturated carbocycles. The Balaban J connectivity index is 1.76. The van der Waals surface area contributed by atoms with Crippen molar-refractivity contribution < 1.29 is 9.59 Å². The van der Waals surface area contributed by atoms with Gasteiger partial charge in [0.2, 0.25) is 11.8 Å². The molecule has 1 unspecified atom stereocenters. The zero-order valence-corrected chi connectivity index (χ0v) is 11.3. The number of thioether (sulfide) groups is 1. The van der Waals surface area contributed by atoms with Gasteiger partial charge in [0.15, 0.2) is 5.16 Å². The van der Waals surface area contributed by atoms with Crippen LogP contribution in [0.15, 0.2) is 11.2 Å². The molecule has 0 aromatic carbocycles. The molecular formula is C12H14N4O2S. The lowest BCUT2D eigenvalue weighted by atomic mass is 10.4. The number of anilines is 1. The third-order valence-electron chi connectivity index (χ3n) is 3.15. The molecule has 1 saturated heterocycles. The number of rotatable bonds is 3. The largest absolute Gasteiger partial charge is 0.384 e. The van der Waals surface area contributed by atoms with E-state index in [-0.39, 0.29) is 24.3 Å². The van der Waals surface area contributed by atoms with Crippen molar-refractivity contribution in [2.45, 2.75) is 42.6 Å². The Morgan fingerprint density at radius 3 is 2.74 bits per heavy atom. The fourth-order valence-electron chi connectivity index (χ4n) is 2.18. The van der Waals surface area contributed by atoms with Gasteiger partial charge in [-0.2, -0.15) is 0 Å². The van der Waals surface area contributed by atoms with E-state index in [1.807, 2.05) is 6.92 Å². The SMILES string of the molecule is Cc1cc(N)nc(SC2CC(=O)N(C3CC3)C2=O)n1. The van der Waals surface area contributed by atoms with Crippen molar-refractivity contribution in [2.75, 3.05) is 5.73 Å². The highest BCUT2D eigenvalue weighted by Gasteiger charge is 2.46. The number of aromatic nitrogens is 2. The van der Waals surface area contributed by atoms with Gasteiger partial charge < -0.3 is 5.73 Å². The van der Waals surface area contributed by atoms with E-state index in [9.17, 15) is 9.59 Å². The summed E-state index contributed by atoms with van der Waals surface area (Å²) in [4.78, 5) is 33.7. The Hall–Kier alpha value is -1.63.